The van der Waals surface area contributed by atoms with Gasteiger partial charge in [-0.2, -0.15) is 0 Å². The number of rotatable bonds is 5. The van der Waals surface area contributed by atoms with Gasteiger partial charge in [0.15, 0.2) is 6.10 Å². The maximum absolute atomic E-state index is 12.8. The number of aryl methyl sites for hydroxylation is 1. The van der Waals surface area contributed by atoms with E-state index < -0.39 is 6.10 Å². The Bertz CT molecular complexity index is 1540. The van der Waals surface area contributed by atoms with Crippen molar-refractivity contribution in [2.24, 2.45) is 0 Å². The van der Waals surface area contributed by atoms with Gasteiger partial charge < -0.3 is 10.1 Å². The number of halogens is 2. The highest BCUT2D eigenvalue weighted by molar-refractivity contribution is 6.35. The maximum Gasteiger partial charge on any atom is 0.265 e. The fraction of sp³-hybridized carbons (Fsp3) is 0.115. The highest BCUT2D eigenvalue weighted by atomic mass is 35.5. The normalized spacial score (nSPS) is 12.1. The smallest absolute Gasteiger partial charge is 0.265 e. The van der Waals surface area contributed by atoms with Crippen molar-refractivity contribution in [3.8, 4) is 11.4 Å². The third-order valence-electron chi connectivity index (χ3n) is 5.53. The van der Waals surface area contributed by atoms with Crippen LogP contribution in [-0.2, 0) is 4.79 Å². The molecule has 1 atom stereocenters. The van der Waals surface area contributed by atoms with E-state index in [1.165, 1.54) is 0 Å². The minimum absolute atomic E-state index is 0.310. The van der Waals surface area contributed by atoms with Gasteiger partial charge in [-0.1, -0.05) is 59.6 Å². The van der Waals surface area contributed by atoms with E-state index in [0.717, 1.165) is 27.5 Å². The van der Waals surface area contributed by atoms with Crippen LogP contribution in [0.3, 0.4) is 0 Å². The first-order valence-electron chi connectivity index (χ1n) is 10.7. The molecule has 0 saturated heterocycles. The number of hydrogen-bond donors (Lipinski definition) is 1. The van der Waals surface area contributed by atoms with Gasteiger partial charge in [0.25, 0.3) is 5.91 Å². The average molecular weight is 491 g/mol. The predicted octanol–water partition coefficient (Wildman–Crippen LogP) is 6.59. The van der Waals surface area contributed by atoms with E-state index in [2.05, 4.69) is 27.6 Å². The summed E-state index contributed by atoms with van der Waals surface area (Å²) in [6.07, 6.45) is -0.778. The first-order chi connectivity index (χ1) is 16.4. The van der Waals surface area contributed by atoms with Crippen LogP contribution in [0.1, 0.15) is 12.5 Å². The monoisotopic (exact) mass is 490 g/mol. The molecule has 0 spiro atoms. The molecule has 1 amide bonds. The molecule has 170 valence electrons. The molecule has 1 aromatic heterocycles. The Labute approximate surface area is 206 Å². The van der Waals surface area contributed by atoms with Crippen molar-refractivity contribution in [1.29, 1.82) is 0 Å². The van der Waals surface area contributed by atoms with Gasteiger partial charge in [0.2, 0.25) is 0 Å². The number of nitrogens with zero attached hydrogens (tertiary/aromatic N) is 3. The van der Waals surface area contributed by atoms with Gasteiger partial charge in [0.05, 0.1) is 10.7 Å². The zero-order valence-electron chi connectivity index (χ0n) is 18.4. The lowest BCUT2D eigenvalue weighted by molar-refractivity contribution is -0.122. The number of nitrogens with one attached hydrogen (secondary N) is 1. The molecule has 4 aromatic carbocycles. The Morgan fingerprint density at radius 3 is 2.50 bits per heavy atom. The van der Waals surface area contributed by atoms with Crippen LogP contribution >= 0.6 is 23.2 Å². The Hall–Kier alpha value is -3.61. The average Bonchev–Trinajstić information content (AvgIpc) is 3.23. The second-order valence-electron chi connectivity index (χ2n) is 7.97. The van der Waals surface area contributed by atoms with Crippen LogP contribution in [0.15, 0.2) is 72.8 Å². The summed E-state index contributed by atoms with van der Waals surface area (Å²) in [5.74, 6) is 0.0776. The molecule has 6 nitrogen and oxygen atoms in total. The molecule has 1 heterocycles. The molecule has 0 saturated carbocycles. The molecule has 0 aliphatic heterocycles. The summed E-state index contributed by atoms with van der Waals surface area (Å²) in [5, 5.41) is 15.3. The number of carbonyl (C=O) groups is 1. The van der Waals surface area contributed by atoms with Crippen LogP contribution in [0.5, 0.6) is 5.75 Å². The number of carbonyl (C=O) groups excluding carboxylic acids is 1. The molecule has 0 fully saturated rings. The van der Waals surface area contributed by atoms with Crippen molar-refractivity contribution in [2.45, 2.75) is 20.0 Å². The van der Waals surface area contributed by atoms with Gasteiger partial charge in [0.1, 0.15) is 16.8 Å². The van der Waals surface area contributed by atoms with Crippen LogP contribution in [0.25, 0.3) is 27.5 Å². The van der Waals surface area contributed by atoms with Crippen molar-refractivity contribution < 1.29 is 9.53 Å². The zero-order valence-corrected chi connectivity index (χ0v) is 19.9. The van der Waals surface area contributed by atoms with Gasteiger partial charge >= 0.3 is 0 Å². The van der Waals surface area contributed by atoms with E-state index >= 15 is 0 Å². The summed E-state index contributed by atoms with van der Waals surface area (Å²) in [5.41, 5.74) is 3.80. The molecule has 0 aliphatic rings. The lowest BCUT2D eigenvalue weighted by Gasteiger charge is -2.16. The second-order valence-corrected chi connectivity index (χ2v) is 8.81. The first kappa shape index (κ1) is 22.2. The van der Waals surface area contributed by atoms with Crippen molar-refractivity contribution in [1.82, 2.24) is 15.0 Å². The van der Waals surface area contributed by atoms with Crippen LogP contribution in [-0.4, -0.2) is 27.0 Å². The van der Waals surface area contributed by atoms with Crippen LogP contribution in [0.2, 0.25) is 10.0 Å². The molecule has 1 unspecified atom stereocenters. The molecular weight excluding hydrogens is 471 g/mol. The lowest BCUT2D eigenvalue weighted by Crippen LogP contribution is -2.30. The second kappa shape index (κ2) is 8.97. The molecule has 5 rings (SSSR count). The minimum atomic E-state index is -0.778. The maximum atomic E-state index is 12.8. The topological polar surface area (TPSA) is 69.0 Å². The van der Waals surface area contributed by atoms with Gasteiger partial charge in [-0.25, -0.2) is 0 Å². The van der Waals surface area contributed by atoms with E-state index in [4.69, 9.17) is 27.9 Å². The molecule has 8 heteroatoms. The van der Waals surface area contributed by atoms with E-state index in [-0.39, 0.29) is 5.91 Å². The summed E-state index contributed by atoms with van der Waals surface area (Å²) >= 11 is 12.1. The van der Waals surface area contributed by atoms with Gasteiger partial charge in [-0.05, 0) is 61.2 Å². The molecule has 5 aromatic rings. The van der Waals surface area contributed by atoms with E-state index in [9.17, 15) is 4.79 Å². The molecule has 0 radical (unpaired) electrons. The summed E-state index contributed by atoms with van der Waals surface area (Å²) in [7, 11) is 0. The summed E-state index contributed by atoms with van der Waals surface area (Å²) in [6.45, 7) is 3.57. The van der Waals surface area contributed by atoms with Gasteiger partial charge in [-0.15, -0.1) is 15.0 Å². The third-order valence-corrected chi connectivity index (χ3v) is 6.06. The van der Waals surface area contributed by atoms with Crippen molar-refractivity contribution in [2.75, 3.05) is 5.32 Å². The number of hydrogen-bond acceptors (Lipinski definition) is 4. The van der Waals surface area contributed by atoms with Gasteiger partial charge in [-0.3, -0.25) is 4.79 Å². The van der Waals surface area contributed by atoms with Crippen LogP contribution in [0, 0.1) is 6.92 Å². The minimum Gasteiger partial charge on any atom is -0.479 e. The number of fused-ring (bicyclic) bond motifs is 2. The van der Waals surface area contributed by atoms with Crippen molar-refractivity contribution in [3.05, 3.63) is 88.4 Å². The summed E-state index contributed by atoms with van der Waals surface area (Å²) in [4.78, 5) is 14.4. The van der Waals surface area contributed by atoms with Crippen molar-refractivity contribution >= 4 is 56.6 Å². The number of aromatic nitrogens is 3. The Morgan fingerprint density at radius 1 is 0.971 bits per heavy atom. The van der Waals surface area contributed by atoms with E-state index in [1.54, 1.807) is 29.9 Å². The fourth-order valence-corrected chi connectivity index (χ4v) is 4.20. The first-order valence-corrected chi connectivity index (χ1v) is 11.4. The van der Waals surface area contributed by atoms with Crippen molar-refractivity contribution in [3.63, 3.8) is 0 Å². The molecule has 34 heavy (non-hydrogen) atoms. The summed E-state index contributed by atoms with van der Waals surface area (Å²) in [6, 6.07) is 22.7. The highest BCUT2D eigenvalue weighted by Gasteiger charge is 2.18. The van der Waals surface area contributed by atoms with E-state index in [1.807, 2.05) is 49.4 Å². The van der Waals surface area contributed by atoms with Crippen LogP contribution < -0.4 is 10.1 Å². The largest absolute Gasteiger partial charge is 0.479 e. The number of ether oxygens (including phenoxy) is 1. The lowest BCUT2D eigenvalue weighted by atomic mass is 10.1. The molecular formula is C26H20Cl2N4O2. The standard InChI is InChI=1S/C26H20Cl2N4O2/c1-15-12-22-23(31-32(30-22)24-9-5-7-17-6-3-4-8-19(17)24)14-21(15)29-26(33)16(2)34-25-11-10-18(27)13-20(25)28/h3-14,16H,1-2H3,(H,29,33). The predicted molar refractivity (Wildman–Crippen MR) is 136 cm³/mol. The van der Waals surface area contributed by atoms with Crippen LogP contribution in [0.4, 0.5) is 5.69 Å². The fourth-order valence-electron chi connectivity index (χ4n) is 3.74. The third kappa shape index (κ3) is 4.30. The number of amides is 1. The quantitative estimate of drug-likeness (QED) is 0.301. The summed E-state index contributed by atoms with van der Waals surface area (Å²) < 4.78 is 5.73. The van der Waals surface area contributed by atoms with E-state index in [0.29, 0.717) is 27.0 Å². The zero-order chi connectivity index (χ0) is 23.8. The Kier molecular flexibility index (Phi) is 5.86. The molecule has 0 aliphatic carbocycles. The molecule has 0 bridgehead atoms. The SMILES string of the molecule is Cc1cc2nn(-c3cccc4ccccc34)nc2cc1NC(=O)C(C)Oc1ccc(Cl)cc1Cl. The number of benzene rings is 4. The molecule has 1 N–H and O–H groups in total. The Balaban J connectivity index is 1.41. The highest BCUT2D eigenvalue weighted by Crippen LogP contribution is 2.29. The van der Waals surface area contributed by atoms with Gasteiger partial charge in [0, 0.05) is 16.1 Å². The Morgan fingerprint density at radius 2 is 1.71 bits per heavy atom. The number of anilines is 1.